The van der Waals surface area contributed by atoms with E-state index >= 15 is 0 Å². The fourth-order valence-corrected chi connectivity index (χ4v) is 2.28. The number of benzene rings is 1. The molecule has 3 rings (SSSR count). The fourth-order valence-electron chi connectivity index (χ4n) is 2.28. The number of hydrogen-bond acceptors (Lipinski definition) is 3. The lowest BCUT2D eigenvalue weighted by Crippen LogP contribution is -2.26. The lowest BCUT2D eigenvalue weighted by molar-refractivity contribution is 0.617. The van der Waals surface area contributed by atoms with E-state index < -0.39 is 0 Å². The van der Waals surface area contributed by atoms with Crippen molar-refractivity contribution in [3.63, 3.8) is 0 Å². The third kappa shape index (κ3) is 1.88. The maximum absolute atomic E-state index is 13.7. The van der Waals surface area contributed by atoms with Crippen LogP contribution in [0.1, 0.15) is 17.0 Å². The molecule has 0 aliphatic carbocycles. The quantitative estimate of drug-likeness (QED) is 0.834. The van der Waals surface area contributed by atoms with E-state index in [9.17, 15) is 4.39 Å². The fraction of sp³-hybridized carbons (Fsp3) is 0.286. The van der Waals surface area contributed by atoms with Gasteiger partial charge < -0.3 is 5.32 Å². The molecule has 0 unspecified atom stereocenters. The Morgan fingerprint density at radius 1 is 1.22 bits per heavy atom. The van der Waals surface area contributed by atoms with Crippen LogP contribution in [0.25, 0.3) is 11.4 Å². The summed E-state index contributed by atoms with van der Waals surface area (Å²) < 4.78 is 13.7. The second-order valence-corrected chi connectivity index (χ2v) is 4.46. The molecule has 1 aliphatic rings. The zero-order valence-electron chi connectivity index (χ0n) is 10.2. The number of aryl methyl sites for hydroxylation is 1. The summed E-state index contributed by atoms with van der Waals surface area (Å²) in [5.41, 5.74) is 3.60. The van der Waals surface area contributed by atoms with Gasteiger partial charge in [0, 0.05) is 30.8 Å². The van der Waals surface area contributed by atoms with Crippen molar-refractivity contribution in [1.82, 2.24) is 15.3 Å². The molecule has 0 fully saturated rings. The van der Waals surface area contributed by atoms with Crippen LogP contribution in [0.15, 0.2) is 24.3 Å². The van der Waals surface area contributed by atoms with Crippen molar-refractivity contribution in [3.05, 3.63) is 47.0 Å². The SMILES string of the molecule is Cc1nc(-c2ccccc2F)nc2c1CNCC2. The number of hydrogen-bond donors (Lipinski definition) is 1. The van der Waals surface area contributed by atoms with Crippen LogP contribution in [0, 0.1) is 12.7 Å². The summed E-state index contributed by atoms with van der Waals surface area (Å²) in [7, 11) is 0. The van der Waals surface area contributed by atoms with Gasteiger partial charge in [-0.3, -0.25) is 0 Å². The third-order valence-corrected chi connectivity index (χ3v) is 3.25. The Morgan fingerprint density at radius 3 is 2.89 bits per heavy atom. The average Bonchev–Trinajstić information content (AvgIpc) is 2.39. The second-order valence-electron chi connectivity index (χ2n) is 4.46. The van der Waals surface area contributed by atoms with Gasteiger partial charge in [0.2, 0.25) is 0 Å². The van der Waals surface area contributed by atoms with Crippen molar-refractivity contribution in [2.75, 3.05) is 6.54 Å². The van der Waals surface area contributed by atoms with Crippen LogP contribution in [-0.2, 0) is 13.0 Å². The molecule has 0 radical (unpaired) electrons. The van der Waals surface area contributed by atoms with Gasteiger partial charge in [-0.2, -0.15) is 0 Å². The van der Waals surface area contributed by atoms with Crippen molar-refractivity contribution < 1.29 is 4.39 Å². The molecule has 0 amide bonds. The van der Waals surface area contributed by atoms with Crippen molar-refractivity contribution in [2.45, 2.75) is 19.9 Å². The maximum Gasteiger partial charge on any atom is 0.162 e. The van der Waals surface area contributed by atoms with Crippen LogP contribution in [0.4, 0.5) is 4.39 Å². The standard InChI is InChI=1S/C14H14FN3/c1-9-11-8-16-7-6-13(11)18-14(17-9)10-4-2-3-5-12(10)15/h2-5,16H,6-8H2,1H3. The number of nitrogens with one attached hydrogen (secondary N) is 1. The highest BCUT2D eigenvalue weighted by Gasteiger charge is 2.16. The highest BCUT2D eigenvalue weighted by molar-refractivity contribution is 5.56. The van der Waals surface area contributed by atoms with Crippen molar-refractivity contribution in [3.8, 4) is 11.4 Å². The number of nitrogens with zero attached hydrogens (tertiary/aromatic N) is 2. The van der Waals surface area contributed by atoms with Gasteiger partial charge in [0.25, 0.3) is 0 Å². The van der Waals surface area contributed by atoms with Gasteiger partial charge in [-0.1, -0.05) is 12.1 Å². The van der Waals surface area contributed by atoms with Gasteiger partial charge in [-0.05, 0) is 19.1 Å². The normalized spacial score (nSPS) is 14.3. The van der Waals surface area contributed by atoms with Crippen LogP contribution in [-0.4, -0.2) is 16.5 Å². The molecule has 92 valence electrons. The van der Waals surface area contributed by atoms with Crippen molar-refractivity contribution in [2.24, 2.45) is 0 Å². The zero-order chi connectivity index (χ0) is 12.5. The number of rotatable bonds is 1. The molecule has 1 aromatic heterocycles. The lowest BCUT2D eigenvalue weighted by Gasteiger charge is -2.18. The molecular weight excluding hydrogens is 229 g/mol. The molecule has 1 aliphatic heterocycles. The Labute approximate surface area is 105 Å². The van der Waals surface area contributed by atoms with Gasteiger partial charge >= 0.3 is 0 Å². The van der Waals surface area contributed by atoms with E-state index in [4.69, 9.17) is 0 Å². The smallest absolute Gasteiger partial charge is 0.162 e. The predicted octanol–water partition coefficient (Wildman–Crippen LogP) is 2.24. The second kappa shape index (κ2) is 4.46. The van der Waals surface area contributed by atoms with E-state index in [2.05, 4.69) is 15.3 Å². The minimum atomic E-state index is -0.272. The first-order chi connectivity index (χ1) is 8.75. The first-order valence-corrected chi connectivity index (χ1v) is 6.07. The van der Waals surface area contributed by atoms with Crippen LogP contribution < -0.4 is 5.32 Å². The summed E-state index contributed by atoms with van der Waals surface area (Å²) in [6, 6.07) is 6.64. The third-order valence-electron chi connectivity index (χ3n) is 3.25. The monoisotopic (exact) mass is 243 g/mol. The number of fused-ring (bicyclic) bond motifs is 1. The van der Waals surface area contributed by atoms with Gasteiger partial charge in [0.15, 0.2) is 5.82 Å². The van der Waals surface area contributed by atoms with Gasteiger partial charge in [-0.25, -0.2) is 14.4 Å². The summed E-state index contributed by atoms with van der Waals surface area (Å²) in [6.07, 6.45) is 0.875. The molecule has 18 heavy (non-hydrogen) atoms. The summed E-state index contributed by atoms with van der Waals surface area (Å²) in [4.78, 5) is 8.94. The van der Waals surface area contributed by atoms with Crippen LogP contribution in [0.3, 0.4) is 0 Å². The van der Waals surface area contributed by atoms with Crippen LogP contribution >= 0.6 is 0 Å². The Bertz CT molecular complexity index is 596. The molecule has 2 aromatic rings. The molecule has 1 aromatic carbocycles. The molecule has 0 saturated carbocycles. The van der Waals surface area contributed by atoms with Crippen molar-refractivity contribution >= 4 is 0 Å². The van der Waals surface area contributed by atoms with E-state index in [1.807, 2.05) is 6.92 Å². The Balaban J connectivity index is 2.14. The number of halogens is 1. The van der Waals surface area contributed by atoms with Gasteiger partial charge in [0.05, 0.1) is 11.3 Å². The Kier molecular flexibility index (Phi) is 2.80. The summed E-state index contributed by atoms with van der Waals surface area (Å²) in [6.45, 7) is 3.68. The van der Waals surface area contributed by atoms with Crippen molar-refractivity contribution in [1.29, 1.82) is 0 Å². The molecule has 0 bridgehead atoms. The molecule has 3 nitrogen and oxygen atoms in total. The Morgan fingerprint density at radius 2 is 2.06 bits per heavy atom. The maximum atomic E-state index is 13.7. The zero-order valence-corrected chi connectivity index (χ0v) is 10.2. The average molecular weight is 243 g/mol. The summed E-state index contributed by atoms with van der Waals surface area (Å²) in [5, 5.41) is 3.30. The van der Waals surface area contributed by atoms with E-state index in [-0.39, 0.29) is 5.82 Å². The largest absolute Gasteiger partial charge is 0.312 e. The Hall–Kier alpha value is -1.81. The molecular formula is C14H14FN3. The van der Waals surface area contributed by atoms with Gasteiger partial charge in [-0.15, -0.1) is 0 Å². The molecule has 0 spiro atoms. The molecule has 1 N–H and O–H groups in total. The molecule has 4 heteroatoms. The number of aromatic nitrogens is 2. The molecule has 2 heterocycles. The summed E-state index contributed by atoms with van der Waals surface area (Å²) >= 11 is 0. The molecule has 0 atom stereocenters. The van der Waals surface area contributed by atoms with Gasteiger partial charge in [0.1, 0.15) is 5.82 Å². The van der Waals surface area contributed by atoms with E-state index in [0.717, 1.165) is 36.5 Å². The topological polar surface area (TPSA) is 37.8 Å². The first-order valence-electron chi connectivity index (χ1n) is 6.07. The van der Waals surface area contributed by atoms with Crippen LogP contribution in [0.2, 0.25) is 0 Å². The van der Waals surface area contributed by atoms with E-state index in [1.54, 1.807) is 18.2 Å². The first kappa shape index (κ1) is 11.3. The minimum Gasteiger partial charge on any atom is -0.312 e. The molecule has 0 saturated heterocycles. The minimum absolute atomic E-state index is 0.272. The summed E-state index contributed by atoms with van der Waals surface area (Å²) in [5.74, 6) is 0.219. The highest BCUT2D eigenvalue weighted by Crippen LogP contribution is 2.23. The van der Waals surface area contributed by atoms with E-state index in [1.165, 1.54) is 6.07 Å². The van der Waals surface area contributed by atoms with E-state index in [0.29, 0.717) is 11.4 Å². The predicted molar refractivity (Wildman–Crippen MR) is 67.6 cm³/mol. The lowest BCUT2D eigenvalue weighted by atomic mass is 10.1. The van der Waals surface area contributed by atoms with Crippen LogP contribution in [0.5, 0.6) is 0 Å². The highest BCUT2D eigenvalue weighted by atomic mass is 19.1.